The van der Waals surface area contributed by atoms with Gasteiger partial charge in [-0.05, 0) is 37.7 Å². The molecule has 1 aliphatic carbocycles. The Morgan fingerprint density at radius 3 is 2.63 bits per heavy atom. The molecule has 0 radical (unpaired) electrons. The average Bonchev–Trinajstić information content (AvgIpc) is 2.92. The summed E-state index contributed by atoms with van der Waals surface area (Å²) in [6.07, 6.45) is 2.53. The molecule has 0 bridgehead atoms. The monoisotopic (exact) mass is 419 g/mol. The summed E-state index contributed by atoms with van der Waals surface area (Å²) in [7, 11) is 0. The maximum absolute atomic E-state index is 12.7. The molecule has 2 fully saturated rings. The predicted molar refractivity (Wildman–Crippen MR) is 102 cm³/mol. The van der Waals surface area contributed by atoms with Crippen molar-refractivity contribution in [3.63, 3.8) is 0 Å². The molecule has 1 saturated heterocycles. The number of imide groups is 1. The van der Waals surface area contributed by atoms with Crippen molar-refractivity contribution < 1.29 is 28.8 Å². The number of carbonyl (C=O) groups is 4. The van der Waals surface area contributed by atoms with Crippen molar-refractivity contribution in [1.82, 2.24) is 15.8 Å². The van der Waals surface area contributed by atoms with Crippen molar-refractivity contribution >= 4 is 35.2 Å². The number of esters is 1. The number of amides is 4. The van der Waals surface area contributed by atoms with Crippen molar-refractivity contribution in [2.24, 2.45) is 5.92 Å². The number of non-ortho nitro benzene ring substituents is 1. The van der Waals surface area contributed by atoms with Crippen molar-refractivity contribution in [1.29, 1.82) is 0 Å². The summed E-state index contributed by atoms with van der Waals surface area (Å²) in [4.78, 5) is 59.1. The summed E-state index contributed by atoms with van der Waals surface area (Å²) in [5, 5.41) is 14.0. The summed E-state index contributed by atoms with van der Waals surface area (Å²) in [6, 6.07) is 2.44. The number of nitrogens with two attached hydrogens (primary N) is 1. The Balaban J connectivity index is 1.57. The molecule has 1 aromatic carbocycles. The quantitative estimate of drug-likeness (QED) is 0.207. The highest BCUT2D eigenvalue weighted by atomic mass is 16.6. The highest BCUT2D eigenvalue weighted by molar-refractivity contribution is 6.08. The van der Waals surface area contributed by atoms with E-state index in [1.807, 2.05) is 0 Å². The Hall–Kier alpha value is -3.70. The lowest BCUT2D eigenvalue weighted by Gasteiger charge is -2.33. The summed E-state index contributed by atoms with van der Waals surface area (Å²) >= 11 is 0. The van der Waals surface area contributed by atoms with Crippen molar-refractivity contribution in [3.8, 4) is 0 Å². The maximum Gasteiger partial charge on any atom is 0.344 e. The zero-order valence-electron chi connectivity index (χ0n) is 16.2. The second kappa shape index (κ2) is 7.97. The molecule has 12 nitrogen and oxygen atoms in total. The minimum atomic E-state index is -1.01. The summed E-state index contributed by atoms with van der Waals surface area (Å²) in [5.74, 6) is -1.96. The third-order valence-electron chi connectivity index (χ3n) is 5.33. The first-order chi connectivity index (χ1) is 14.1. The van der Waals surface area contributed by atoms with Gasteiger partial charge in [0.05, 0.1) is 16.2 Å². The smallest absolute Gasteiger partial charge is 0.344 e. The van der Waals surface area contributed by atoms with Crippen LogP contribution >= 0.6 is 0 Å². The van der Waals surface area contributed by atoms with Gasteiger partial charge in [0.25, 0.3) is 17.5 Å². The molecule has 1 heterocycles. The van der Waals surface area contributed by atoms with Gasteiger partial charge >= 0.3 is 12.0 Å². The van der Waals surface area contributed by atoms with Crippen LogP contribution in [0.4, 0.5) is 16.2 Å². The van der Waals surface area contributed by atoms with Crippen LogP contribution in [-0.2, 0) is 14.3 Å². The summed E-state index contributed by atoms with van der Waals surface area (Å²) < 4.78 is 4.83. The van der Waals surface area contributed by atoms with E-state index in [0.717, 1.165) is 31.0 Å². The van der Waals surface area contributed by atoms with E-state index in [2.05, 4.69) is 17.7 Å². The van der Waals surface area contributed by atoms with Gasteiger partial charge in [0.1, 0.15) is 5.54 Å². The van der Waals surface area contributed by atoms with E-state index in [1.165, 1.54) is 0 Å². The normalized spacial score (nSPS) is 23.2. The lowest BCUT2D eigenvalue weighted by molar-refractivity contribution is -0.384. The number of hydrogen-bond acceptors (Lipinski definition) is 8. The van der Waals surface area contributed by atoms with Gasteiger partial charge in [0.2, 0.25) is 0 Å². The third kappa shape index (κ3) is 4.02. The zero-order valence-corrected chi connectivity index (χ0v) is 16.2. The number of hydrogen-bond donors (Lipinski definition) is 3. The van der Waals surface area contributed by atoms with Crippen LogP contribution in [0.2, 0.25) is 0 Å². The van der Waals surface area contributed by atoms with Gasteiger partial charge in [-0.15, -0.1) is 0 Å². The first-order valence-electron chi connectivity index (χ1n) is 9.30. The molecule has 0 aromatic heterocycles. The van der Waals surface area contributed by atoms with Crippen molar-refractivity contribution in [2.45, 2.75) is 38.1 Å². The molecular weight excluding hydrogens is 398 g/mol. The average molecular weight is 419 g/mol. The molecule has 0 unspecified atom stereocenters. The van der Waals surface area contributed by atoms with Crippen molar-refractivity contribution in [3.05, 3.63) is 33.9 Å². The van der Waals surface area contributed by atoms with Crippen molar-refractivity contribution in [2.75, 3.05) is 12.3 Å². The van der Waals surface area contributed by atoms with E-state index in [9.17, 15) is 29.3 Å². The van der Waals surface area contributed by atoms with Gasteiger partial charge in [-0.3, -0.25) is 25.1 Å². The molecule has 30 heavy (non-hydrogen) atoms. The third-order valence-corrected chi connectivity index (χ3v) is 5.33. The number of benzene rings is 1. The molecule has 4 N–H and O–H groups in total. The molecule has 1 aliphatic heterocycles. The number of nitrogens with zero attached hydrogens (tertiary/aromatic N) is 2. The minimum absolute atomic E-state index is 0.154. The number of nitro benzene ring substituents is 1. The highest BCUT2D eigenvalue weighted by Gasteiger charge is 2.52. The summed E-state index contributed by atoms with van der Waals surface area (Å²) in [5.41, 5.74) is 6.10. The van der Waals surface area contributed by atoms with Crippen LogP contribution in [0.25, 0.3) is 0 Å². The second-order valence-electron chi connectivity index (χ2n) is 7.48. The number of urea groups is 1. The van der Waals surface area contributed by atoms with E-state index in [1.54, 1.807) is 0 Å². The number of carbonyl (C=O) groups excluding carboxylic acids is 4. The van der Waals surface area contributed by atoms with Crippen LogP contribution in [0.15, 0.2) is 18.2 Å². The van der Waals surface area contributed by atoms with Crippen LogP contribution in [-0.4, -0.2) is 45.9 Å². The molecule has 1 spiro atoms. The first kappa shape index (κ1) is 21.0. The molecule has 160 valence electrons. The van der Waals surface area contributed by atoms with Crippen LogP contribution in [0, 0.1) is 16.0 Å². The van der Waals surface area contributed by atoms with Crippen LogP contribution in [0.1, 0.15) is 43.0 Å². The molecule has 3 rings (SSSR count). The SMILES string of the molecule is CC1CCC2(CC1)NC(=O)N(NC(=O)COC(=O)c1ccc([N+](=O)[O-])cc1N)C2=O. The van der Waals surface area contributed by atoms with E-state index in [0.29, 0.717) is 23.8 Å². The Kier molecular flexibility index (Phi) is 5.58. The first-order valence-corrected chi connectivity index (χ1v) is 9.30. The molecule has 2 aliphatic rings. The fourth-order valence-electron chi connectivity index (χ4n) is 3.53. The lowest BCUT2D eigenvalue weighted by Crippen LogP contribution is -2.52. The Labute approximate surface area is 170 Å². The van der Waals surface area contributed by atoms with E-state index in [-0.39, 0.29) is 16.9 Å². The Bertz CT molecular complexity index is 924. The highest BCUT2D eigenvalue weighted by Crippen LogP contribution is 2.35. The predicted octanol–water partition coefficient (Wildman–Crippen LogP) is 0.866. The van der Waals surface area contributed by atoms with Gasteiger partial charge in [0.15, 0.2) is 6.61 Å². The van der Waals surface area contributed by atoms with Gasteiger partial charge in [-0.25, -0.2) is 9.59 Å². The van der Waals surface area contributed by atoms with E-state index in [4.69, 9.17) is 10.5 Å². The Morgan fingerprint density at radius 2 is 2.03 bits per heavy atom. The molecule has 12 heteroatoms. The van der Waals surface area contributed by atoms with Gasteiger partial charge < -0.3 is 15.8 Å². The standard InChI is InChI=1S/C18H21N5O7/c1-10-4-6-18(7-5-10)16(26)22(17(27)20-18)21-14(24)9-30-15(25)12-3-2-11(23(28)29)8-13(12)19/h2-3,8,10H,4-7,9,19H2,1H3,(H,20,27)(H,21,24). The van der Waals surface area contributed by atoms with Gasteiger partial charge in [-0.2, -0.15) is 5.01 Å². The lowest BCUT2D eigenvalue weighted by atomic mass is 9.77. The van der Waals surface area contributed by atoms with E-state index >= 15 is 0 Å². The second-order valence-corrected chi connectivity index (χ2v) is 7.48. The fourth-order valence-corrected chi connectivity index (χ4v) is 3.53. The molecule has 4 amide bonds. The van der Waals surface area contributed by atoms with Crippen LogP contribution < -0.4 is 16.5 Å². The number of ether oxygens (including phenoxy) is 1. The van der Waals surface area contributed by atoms with E-state index < -0.39 is 40.9 Å². The minimum Gasteiger partial charge on any atom is -0.452 e. The number of anilines is 1. The zero-order chi connectivity index (χ0) is 22.1. The van der Waals surface area contributed by atoms with Crippen LogP contribution in [0.5, 0.6) is 0 Å². The number of rotatable bonds is 5. The van der Waals surface area contributed by atoms with Gasteiger partial charge in [0, 0.05) is 12.1 Å². The number of nitrogen functional groups attached to an aromatic ring is 1. The fraction of sp³-hybridized carbons (Fsp3) is 0.444. The molecule has 0 atom stereocenters. The molecule has 1 aromatic rings. The maximum atomic E-state index is 12.7. The largest absolute Gasteiger partial charge is 0.452 e. The molecular formula is C18H21N5O7. The van der Waals surface area contributed by atoms with Gasteiger partial charge in [-0.1, -0.05) is 6.92 Å². The number of nitrogens with one attached hydrogen (secondary N) is 2. The molecule has 1 saturated carbocycles. The number of hydrazine groups is 1. The Morgan fingerprint density at radius 1 is 1.37 bits per heavy atom. The van der Waals surface area contributed by atoms with Crippen LogP contribution in [0.3, 0.4) is 0 Å². The number of nitro groups is 1. The topological polar surface area (TPSA) is 174 Å². The summed E-state index contributed by atoms with van der Waals surface area (Å²) in [6.45, 7) is 1.29.